The van der Waals surface area contributed by atoms with E-state index in [1.807, 2.05) is 44.2 Å². The van der Waals surface area contributed by atoms with Crippen LogP contribution in [-0.2, 0) is 0 Å². The molecule has 0 aromatic heterocycles. The second-order valence-corrected chi connectivity index (χ2v) is 5.54. The molecule has 116 valence electrons. The van der Waals surface area contributed by atoms with Crippen molar-refractivity contribution in [3.8, 4) is 29.4 Å². The first-order valence-electron chi connectivity index (χ1n) is 6.59. The summed E-state index contributed by atoms with van der Waals surface area (Å²) in [6.45, 7) is 3.78. The molecule has 6 heteroatoms. The Kier molecular flexibility index (Phi) is 5.01. The third-order valence-electron chi connectivity index (χ3n) is 3.33. The van der Waals surface area contributed by atoms with Crippen molar-refractivity contribution in [3.63, 3.8) is 0 Å². The highest BCUT2D eigenvalue weighted by molar-refractivity contribution is 6.37. The lowest BCUT2D eigenvalue weighted by Gasteiger charge is -2.18. The van der Waals surface area contributed by atoms with E-state index in [1.54, 1.807) is 0 Å². The topological polar surface area (TPSA) is 66.0 Å². The summed E-state index contributed by atoms with van der Waals surface area (Å²) in [6, 6.07) is 9.44. The molecule has 0 radical (unpaired) electrons. The highest BCUT2D eigenvalue weighted by atomic mass is 35.5. The average molecular weight is 347 g/mol. The molecule has 0 amide bonds. The van der Waals surface area contributed by atoms with Gasteiger partial charge in [-0.15, -0.1) is 0 Å². The van der Waals surface area contributed by atoms with Gasteiger partial charge in [-0.2, -0.15) is 10.5 Å². The van der Waals surface area contributed by atoms with Gasteiger partial charge in [-0.25, -0.2) is 0 Å². The lowest BCUT2D eigenvalue weighted by molar-refractivity contribution is 0.377. The van der Waals surface area contributed by atoms with Gasteiger partial charge in [0.1, 0.15) is 27.9 Å². The van der Waals surface area contributed by atoms with Crippen LogP contribution in [0.15, 0.2) is 18.2 Å². The molecule has 0 saturated heterocycles. The van der Waals surface area contributed by atoms with E-state index in [1.165, 1.54) is 7.11 Å². The van der Waals surface area contributed by atoms with Crippen molar-refractivity contribution in [1.82, 2.24) is 0 Å². The molecular weight excluding hydrogens is 335 g/mol. The van der Waals surface area contributed by atoms with E-state index >= 15 is 0 Å². The summed E-state index contributed by atoms with van der Waals surface area (Å²) in [7, 11) is 1.39. The molecule has 0 atom stereocenters. The normalized spacial score (nSPS) is 9.87. The van der Waals surface area contributed by atoms with Crippen molar-refractivity contribution in [1.29, 1.82) is 10.5 Å². The van der Waals surface area contributed by atoms with Crippen LogP contribution in [0.2, 0.25) is 10.0 Å². The van der Waals surface area contributed by atoms with E-state index in [4.69, 9.17) is 32.7 Å². The van der Waals surface area contributed by atoms with Crippen molar-refractivity contribution in [2.24, 2.45) is 0 Å². The first-order valence-corrected chi connectivity index (χ1v) is 7.35. The Hall–Kier alpha value is -2.40. The molecule has 0 unspecified atom stereocenters. The molecule has 0 aliphatic carbocycles. The molecule has 23 heavy (non-hydrogen) atoms. The molecule has 0 heterocycles. The number of methoxy groups -OCH3 is 1. The van der Waals surface area contributed by atoms with Crippen molar-refractivity contribution in [3.05, 3.63) is 50.5 Å². The van der Waals surface area contributed by atoms with Gasteiger partial charge in [-0.05, 0) is 25.0 Å². The second kappa shape index (κ2) is 6.79. The van der Waals surface area contributed by atoms with Crippen LogP contribution in [0.3, 0.4) is 0 Å². The van der Waals surface area contributed by atoms with Crippen molar-refractivity contribution in [2.45, 2.75) is 13.8 Å². The summed E-state index contributed by atoms with van der Waals surface area (Å²) in [4.78, 5) is 0. The molecule has 2 aromatic rings. The van der Waals surface area contributed by atoms with Crippen LogP contribution in [0, 0.1) is 36.5 Å². The standard InChI is InChI=1S/C17H12Cl2N2O2/c1-9-5-4-6-10(2)15(9)23-17-14(19)12(8-21)11(7-20)13(18)16(17)22-3/h4-6H,1-3H3. The molecular formula is C17H12Cl2N2O2. The Morgan fingerprint density at radius 1 is 0.870 bits per heavy atom. The lowest BCUT2D eigenvalue weighted by atomic mass is 10.1. The maximum absolute atomic E-state index is 9.28. The second-order valence-electron chi connectivity index (χ2n) is 4.79. The highest BCUT2D eigenvalue weighted by Gasteiger charge is 2.25. The van der Waals surface area contributed by atoms with Gasteiger partial charge in [0.15, 0.2) is 11.5 Å². The number of ether oxygens (including phenoxy) is 2. The van der Waals surface area contributed by atoms with Gasteiger partial charge in [0.2, 0.25) is 0 Å². The molecule has 0 spiro atoms. The monoisotopic (exact) mass is 346 g/mol. The van der Waals surface area contributed by atoms with Crippen LogP contribution in [0.4, 0.5) is 0 Å². The summed E-state index contributed by atoms with van der Waals surface area (Å²) in [6.07, 6.45) is 0. The van der Waals surface area contributed by atoms with E-state index in [-0.39, 0.29) is 32.7 Å². The number of nitrogens with zero attached hydrogens (tertiary/aromatic N) is 2. The molecule has 0 bridgehead atoms. The third-order valence-corrected chi connectivity index (χ3v) is 4.06. The largest absolute Gasteiger partial charge is 0.491 e. The number of hydrogen-bond acceptors (Lipinski definition) is 4. The minimum Gasteiger partial charge on any atom is -0.491 e. The number of rotatable bonds is 3. The summed E-state index contributed by atoms with van der Waals surface area (Å²) < 4.78 is 11.2. The zero-order chi connectivity index (χ0) is 17.1. The highest BCUT2D eigenvalue weighted by Crippen LogP contribution is 2.48. The van der Waals surface area contributed by atoms with Gasteiger partial charge in [0, 0.05) is 0 Å². The minimum absolute atomic E-state index is 0.00260. The van der Waals surface area contributed by atoms with Gasteiger partial charge in [0.25, 0.3) is 0 Å². The third kappa shape index (κ3) is 2.92. The number of aryl methyl sites for hydroxylation is 2. The predicted molar refractivity (Wildman–Crippen MR) is 88.4 cm³/mol. The fraction of sp³-hybridized carbons (Fsp3) is 0.176. The van der Waals surface area contributed by atoms with Crippen LogP contribution in [0.5, 0.6) is 17.2 Å². The van der Waals surface area contributed by atoms with Crippen LogP contribution < -0.4 is 9.47 Å². The number of para-hydroxylation sites is 1. The SMILES string of the molecule is COc1c(Cl)c(C#N)c(C#N)c(Cl)c1Oc1c(C)cccc1C. The molecule has 0 fully saturated rings. The van der Waals surface area contributed by atoms with Gasteiger partial charge < -0.3 is 9.47 Å². The van der Waals surface area contributed by atoms with E-state index in [0.29, 0.717) is 5.75 Å². The Balaban J connectivity index is 2.75. The number of halogens is 2. The summed E-state index contributed by atoms with van der Waals surface area (Å²) >= 11 is 12.4. The molecule has 0 aliphatic rings. The Labute approximate surface area is 144 Å². The van der Waals surface area contributed by atoms with Gasteiger partial charge in [0.05, 0.1) is 18.2 Å². The molecule has 0 N–H and O–H groups in total. The predicted octanol–water partition coefficient (Wildman–Crippen LogP) is 5.15. The van der Waals surface area contributed by atoms with Gasteiger partial charge >= 0.3 is 0 Å². The van der Waals surface area contributed by atoms with E-state index in [0.717, 1.165) is 11.1 Å². The summed E-state index contributed by atoms with van der Waals surface area (Å²) in [5.41, 5.74) is 1.70. The van der Waals surface area contributed by atoms with Crippen LogP contribution in [-0.4, -0.2) is 7.11 Å². The van der Waals surface area contributed by atoms with Gasteiger partial charge in [-0.3, -0.25) is 0 Å². The summed E-state index contributed by atoms with van der Waals surface area (Å²) in [5.74, 6) is 0.833. The number of nitriles is 2. The summed E-state index contributed by atoms with van der Waals surface area (Å²) in [5, 5.41) is 18.5. The van der Waals surface area contributed by atoms with Crippen LogP contribution >= 0.6 is 23.2 Å². The van der Waals surface area contributed by atoms with E-state index in [2.05, 4.69) is 0 Å². The Morgan fingerprint density at radius 3 is 1.78 bits per heavy atom. The van der Waals surface area contributed by atoms with Crippen LogP contribution in [0.25, 0.3) is 0 Å². The number of hydrogen-bond donors (Lipinski definition) is 0. The molecule has 2 aromatic carbocycles. The van der Waals surface area contributed by atoms with Crippen LogP contribution in [0.1, 0.15) is 22.3 Å². The first kappa shape index (κ1) is 17.0. The van der Waals surface area contributed by atoms with E-state index < -0.39 is 0 Å². The smallest absolute Gasteiger partial charge is 0.190 e. The van der Waals surface area contributed by atoms with E-state index in [9.17, 15) is 10.5 Å². The Bertz CT molecular complexity index is 841. The quantitative estimate of drug-likeness (QED) is 0.770. The fourth-order valence-electron chi connectivity index (χ4n) is 2.19. The molecule has 0 aliphatic heterocycles. The maximum atomic E-state index is 9.28. The Morgan fingerprint density at radius 2 is 1.35 bits per heavy atom. The van der Waals surface area contributed by atoms with Gasteiger partial charge in [-0.1, -0.05) is 41.4 Å². The molecule has 2 rings (SSSR count). The average Bonchev–Trinajstić information content (AvgIpc) is 2.53. The molecule has 0 saturated carbocycles. The maximum Gasteiger partial charge on any atom is 0.190 e. The van der Waals surface area contributed by atoms with Crippen molar-refractivity contribution >= 4 is 23.2 Å². The zero-order valence-corrected chi connectivity index (χ0v) is 14.2. The zero-order valence-electron chi connectivity index (χ0n) is 12.7. The number of benzene rings is 2. The first-order chi connectivity index (χ1) is 11.0. The van der Waals surface area contributed by atoms with Crippen molar-refractivity contribution in [2.75, 3.05) is 7.11 Å². The fourth-order valence-corrected chi connectivity index (χ4v) is 2.75. The minimum atomic E-state index is -0.0406. The lowest BCUT2D eigenvalue weighted by Crippen LogP contribution is -1.99. The molecule has 4 nitrogen and oxygen atoms in total. The van der Waals surface area contributed by atoms with Crippen molar-refractivity contribution < 1.29 is 9.47 Å².